The fourth-order valence-electron chi connectivity index (χ4n) is 3.44. The normalized spacial score (nSPS) is 22.6. The second-order valence-corrected chi connectivity index (χ2v) is 6.63. The van der Waals surface area contributed by atoms with Crippen molar-refractivity contribution in [1.29, 1.82) is 0 Å². The molecule has 1 aromatic carbocycles. The van der Waals surface area contributed by atoms with E-state index in [-0.39, 0.29) is 18.4 Å². The molecule has 134 valence electrons. The first-order valence-electron chi connectivity index (χ1n) is 8.71. The maximum atomic E-state index is 12.7. The van der Waals surface area contributed by atoms with Crippen LogP contribution in [-0.2, 0) is 11.3 Å². The number of amides is 4. The maximum Gasteiger partial charge on any atom is 0.322 e. The number of hydrogen-bond donors (Lipinski definition) is 2. The van der Waals surface area contributed by atoms with Crippen LogP contribution >= 0.6 is 0 Å². The summed E-state index contributed by atoms with van der Waals surface area (Å²) in [7, 11) is 0. The van der Waals surface area contributed by atoms with E-state index in [2.05, 4.69) is 29.4 Å². The minimum Gasteiger partial charge on any atom is -0.336 e. The molecule has 25 heavy (non-hydrogen) atoms. The fourth-order valence-corrected chi connectivity index (χ4v) is 3.44. The van der Waals surface area contributed by atoms with Crippen molar-refractivity contribution in [2.45, 2.75) is 32.4 Å². The SMILES string of the molecule is CCN(CC)Cc1ccc(C(=O)N2CC[C@@]3(C2)NC(=O)NC3=O)cc1. The first-order chi connectivity index (χ1) is 12.0. The smallest absolute Gasteiger partial charge is 0.322 e. The van der Waals surface area contributed by atoms with Crippen LogP contribution in [0.25, 0.3) is 0 Å². The number of carbonyl (C=O) groups excluding carboxylic acids is 3. The molecule has 1 aromatic rings. The van der Waals surface area contributed by atoms with Gasteiger partial charge in [-0.2, -0.15) is 0 Å². The molecule has 0 aromatic heterocycles. The zero-order chi connectivity index (χ0) is 18.0. The van der Waals surface area contributed by atoms with E-state index >= 15 is 0 Å². The summed E-state index contributed by atoms with van der Waals surface area (Å²) >= 11 is 0. The molecule has 7 nitrogen and oxygen atoms in total. The van der Waals surface area contributed by atoms with E-state index in [1.54, 1.807) is 4.90 Å². The lowest BCUT2D eigenvalue weighted by Gasteiger charge is -2.21. The van der Waals surface area contributed by atoms with Gasteiger partial charge < -0.3 is 10.2 Å². The van der Waals surface area contributed by atoms with E-state index in [9.17, 15) is 14.4 Å². The van der Waals surface area contributed by atoms with Gasteiger partial charge in [-0.15, -0.1) is 0 Å². The summed E-state index contributed by atoms with van der Waals surface area (Å²) in [6, 6.07) is 7.13. The van der Waals surface area contributed by atoms with Crippen LogP contribution in [0.4, 0.5) is 4.79 Å². The largest absolute Gasteiger partial charge is 0.336 e. The lowest BCUT2D eigenvalue weighted by molar-refractivity contribution is -0.123. The number of benzene rings is 1. The van der Waals surface area contributed by atoms with Crippen molar-refractivity contribution in [1.82, 2.24) is 20.4 Å². The van der Waals surface area contributed by atoms with Crippen molar-refractivity contribution < 1.29 is 14.4 Å². The average molecular weight is 344 g/mol. The van der Waals surface area contributed by atoms with Crippen LogP contribution in [0.1, 0.15) is 36.2 Å². The highest BCUT2D eigenvalue weighted by Gasteiger charge is 2.51. The summed E-state index contributed by atoms with van der Waals surface area (Å²) in [5.74, 6) is -0.456. The number of carbonyl (C=O) groups is 3. The van der Waals surface area contributed by atoms with Gasteiger partial charge in [0.25, 0.3) is 11.8 Å². The maximum absolute atomic E-state index is 12.7. The highest BCUT2D eigenvalue weighted by Crippen LogP contribution is 2.26. The van der Waals surface area contributed by atoms with Gasteiger partial charge in [-0.3, -0.25) is 19.8 Å². The molecule has 2 fully saturated rings. The topological polar surface area (TPSA) is 81.8 Å². The molecule has 0 saturated carbocycles. The second kappa shape index (κ2) is 6.84. The van der Waals surface area contributed by atoms with Gasteiger partial charge in [0, 0.05) is 18.7 Å². The number of hydrogen-bond acceptors (Lipinski definition) is 4. The predicted molar refractivity (Wildman–Crippen MR) is 93.0 cm³/mol. The predicted octanol–water partition coefficient (Wildman–Crippen LogP) is 0.953. The molecule has 2 aliphatic rings. The number of likely N-dealkylation sites (tertiary alicyclic amines) is 1. The summed E-state index contributed by atoms with van der Waals surface area (Å²) in [5, 5.41) is 4.91. The lowest BCUT2D eigenvalue weighted by atomic mass is 9.99. The Labute approximate surface area is 147 Å². The Morgan fingerprint density at radius 2 is 1.88 bits per heavy atom. The van der Waals surface area contributed by atoms with Crippen LogP contribution in [-0.4, -0.2) is 59.4 Å². The van der Waals surface area contributed by atoms with Crippen LogP contribution in [0.5, 0.6) is 0 Å². The quantitative estimate of drug-likeness (QED) is 0.780. The Bertz CT molecular complexity index is 684. The Morgan fingerprint density at radius 3 is 2.44 bits per heavy atom. The minimum atomic E-state index is -0.963. The highest BCUT2D eigenvalue weighted by atomic mass is 16.2. The molecule has 0 radical (unpaired) electrons. The third-order valence-electron chi connectivity index (χ3n) is 5.07. The van der Waals surface area contributed by atoms with Crippen molar-refractivity contribution in [3.05, 3.63) is 35.4 Å². The number of imide groups is 1. The van der Waals surface area contributed by atoms with Crippen LogP contribution < -0.4 is 10.6 Å². The molecule has 0 unspecified atom stereocenters. The van der Waals surface area contributed by atoms with Crippen LogP contribution in [0, 0.1) is 0 Å². The van der Waals surface area contributed by atoms with E-state index < -0.39 is 11.6 Å². The molecule has 2 aliphatic heterocycles. The van der Waals surface area contributed by atoms with Gasteiger partial charge in [-0.1, -0.05) is 26.0 Å². The Kier molecular flexibility index (Phi) is 4.76. The molecular weight excluding hydrogens is 320 g/mol. The number of urea groups is 1. The minimum absolute atomic E-state index is 0.111. The van der Waals surface area contributed by atoms with Gasteiger partial charge in [-0.05, 0) is 37.2 Å². The first kappa shape index (κ1) is 17.4. The van der Waals surface area contributed by atoms with E-state index in [0.29, 0.717) is 18.5 Å². The zero-order valence-corrected chi connectivity index (χ0v) is 14.7. The van der Waals surface area contributed by atoms with Gasteiger partial charge in [0.05, 0.1) is 6.54 Å². The van der Waals surface area contributed by atoms with Gasteiger partial charge in [0.2, 0.25) is 0 Å². The highest BCUT2D eigenvalue weighted by molar-refractivity contribution is 6.08. The average Bonchev–Trinajstić information content (AvgIpc) is 3.16. The lowest BCUT2D eigenvalue weighted by Crippen LogP contribution is -2.49. The number of nitrogens with zero attached hydrogens (tertiary/aromatic N) is 2. The third-order valence-corrected chi connectivity index (χ3v) is 5.07. The van der Waals surface area contributed by atoms with E-state index in [4.69, 9.17) is 0 Å². The van der Waals surface area contributed by atoms with Gasteiger partial charge >= 0.3 is 6.03 Å². The van der Waals surface area contributed by atoms with Crippen LogP contribution in [0.2, 0.25) is 0 Å². The second-order valence-electron chi connectivity index (χ2n) is 6.63. The molecule has 2 heterocycles. The number of nitrogens with one attached hydrogen (secondary N) is 2. The van der Waals surface area contributed by atoms with E-state index in [1.807, 2.05) is 24.3 Å². The molecule has 0 bridgehead atoms. The summed E-state index contributed by atoms with van der Waals surface area (Å²) in [4.78, 5) is 40.0. The monoisotopic (exact) mass is 344 g/mol. The van der Waals surface area contributed by atoms with E-state index in [1.165, 1.54) is 5.56 Å². The molecular formula is C18H24N4O3. The van der Waals surface area contributed by atoms with Crippen LogP contribution in [0.15, 0.2) is 24.3 Å². The molecule has 3 rings (SSSR count). The standard InChI is InChI=1S/C18H24N4O3/c1-3-21(4-2)11-13-5-7-14(8-6-13)15(23)22-10-9-18(12-22)16(24)19-17(25)20-18/h5-8H,3-4,9-12H2,1-2H3,(H2,19,20,24,25)/t18-/m0/s1. The van der Waals surface area contributed by atoms with Crippen molar-refractivity contribution in [3.8, 4) is 0 Å². The van der Waals surface area contributed by atoms with Crippen LogP contribution in [0.3, 0.4) is 0 Å². The molecule has 2 N–H and O–H groups in total. The van der Waals surface area contributed by atoms with Gasteiger partial charge in [-0.25, -0.2) is 4.79 Å². The Morgan fingerprint density at radius 1 is 1.20 bits per heavy atom. The molecule has 2 saturated heterocycles. The Hall–Kier alpha value is -2.41. The molecule has 0 aliphatic carbocycles. The molecule has 7 heteroatoms. The first-order valence-corrected chi connectivity index (χ1v) is 8.71. The molecule has 1 atom stereocenters. The third kappa shape index (κ3) is 3.37. The number of rotatable bonds is 5. The summed E-state index contributed by atoms with van der Waals surface area (Å²) < 4.78 is 0. The summed E-state index contributed by atoms with van der Waals surface area (Å²) in [6.07, 6.45) is 0.441. The molecule has 1 spiro atoms. The molecule has 4 amide bonds. The summed E-state index contributed by atoms with van der Waals surface area (Å²) in [6.45, 7) is 7.76. The van der Waals surface area contributed by atoms with Crippen molar-refractivity contribution in [2.75, 3.05) is 26.2 Å². The van der Waals surface area contributed by atoms with Crippen molar-refractivity contribution >= 4 is 17.8 Å². The fraction of sp³-hybridized carbons (Fsp3) is 0.500. The Balaban J connectivity index is 1.66. The van der Waals surface area contributed by atoms with E-state index in [0.717, 1.165) is 19.6 Å². The zero-order valence-electron chi connectivity index (χ0n) is 14.7. The van der Waals surface area contributed by atoms with Gasteiger partial charge in [0.1, 0.15) is 5.54 Å². The van der Waals surface area contributed by atoms with Crippen molar-refractivity contribution in [3.63, 3.8) is 0 Å². The summed E-state index contributed by atoms with van der Waals surface area (Å²) in [5.41, 5.74) is 0.806. The van der Waals surface area contributed by atoms with Crippen molar-refractivity contribution in [2.24, 2.45) is 0 Å². The van der Waals surface area contributed by atoms with Gasteiger partial charge in [0.15, 0.2) is 0 Å².